The van der Waals surface area contributed by atoms with Gasteiger partial charge in [0.05, 0.1) is 16.7 Å². The molecule has 0 spiro atoms. The number of fused-ring (bicyclic) bond motifs is 5. The van der Waals surface area contributed by atoms with Crippen LogP contribution in [0.4, 0.5) is 17.1 Å². The molecule has 0 N–H and O–H groups in total. The van der Waals surface area contributed by atoms with Crippen LogP contribution in [0.5, 0.6) is 0 Å². The van der Waals surface area contributed by atoms with Gasteiger partial charge in [-0.2, -0.15) is 0 Å². The summed E-state index contributed by atoms with van der Waals surface area (Å²) in [4.78, 5) is 2.36. The van der Waals surface area contributed by atoms with Crippen molar-refractivity contribution in [3.63, 3.8) is 0 Å². The molecule has 1 aromatic heterocycles. The van der Waals surface area contributed by atoms with E-state index in [1.807, 2.05) is 0 Å². The molecule has 7 aromatic rings. The molecule has 1 heterocycles. The molecule has 0 saturated carbocycles. The number of para-hydroxylation sites is 4. The first-order valence-electron chi connectivity index (χ1n) is 12.3. The maximum absolute atomic E-state index is 2.45. The molecule has 6 aromatic carbocycles. The van der Waals surface area contributed by atoms with E-state index in [9.17, 15) is 0 Å². The van der Waals surface area contributed by atoms with Crippen LogP contribution in [0.25, 0.3) is 38.3 Å². The summed E-state index contributed by atoms with van der Waals surface area (Å²) in [6.45, 7) is 0. The summed E-state index contributed by atoms with van der Waals surface area (Å²) in [5.41, 5.74) is 7.00. The first-order valence-corrected chi connectivity index (χ1v) is 12.3. The van der Waals surface area contributed by atoms with Crippen molar-refractivity contribution >= 4 is 49.6 Å². The molecule has 7 rings (SSSR count). The van der Waals surface area contributed by atoms with Gasteiger partial charge in [-0.1, -0.05) is 103 Å². The van der Waals surface area contributed by atoms with Gasteiger partial charge in [0.25, 0.3) is 0 Å². The van der Waals surface area contributed by atoms with Crippen molar-refractivity contribution in [2.75, 3.05) is 4.90 Å². The number of rotatable bonds is 4. The van der Waals surface area contributed by atoms with Crippen LogP contribution in [0.2, 0.25) is 0 Å². The fourth-order valence-corrected chi connectivity index (χ4v) is 5.41. The molecule has 0 saturated heterocycles. The standard InChI is InChI=1S/C34H24N2/c1-4-14-26(15-5-1)35(27-16-6-2-7-17-27)32-22-12-21-30-31-24-23-25-13-10-11-20-29(25)33(31)36(34(30)32)28-18-8-3-9-19-28/h1-24H. The van der Waals surface area contributed by atoms with E-state index in [-0.39, 0.29) is 0 Å². The fourth-order valence-electron chi connectivity index (χ4n) is 5.41. The van der Waals surface area contributed by atoms with E-state index in [2.05, 4.69) is 155 Å². The van der Waals surface area contributed by atoms with E-state index < -0.39 is 0 Å². The van der Waals surface area contributed by atoms with E-state index in [0.29, 0.717) is 0 Å². The Labute approximate surface area is 210 Å². The minimum Gasteiger partial charge on any atom is -0.308 e. The topological polar surface area (TPSA) is 8.17 Å². The van der Waals surface area contributed by atoms with E-state index in [4.69, 9.17) is 0 Å². The van der Waals surface area contributed by atoms with E-state index in [1.165, 1.54) is 32.6 Å². The zero-order chi connectivity index (χ0) is 23.9. The van der Waals surface area contributed by atoms with Gasteiger partial charge >= 0.3 is 0 Å². The van der Waals surface area contributed by atoms with Gasteiger partial charge in [-0.3, -0.25) is 0 Å². The Morgan fingerprint density at radius 3 is 1.64 bits per heavy atom. The first-order chi connectivity index (χ1) is 17.9. The zero-order valence-electron chi connectivity index (χ0n) is 19.8. The lowest BCUT2D eigenvalue weighted by atomic mass is 10.1. The number of hydrogen-bond donors (Lipinski definition) is 0. The van der Waals surface area contributed by atoms with Crippen LogP contribution >= 0.6 is 0 Å². The largest absolute Gasteiger partial charge is 0.308 e. The van der Waals surface area contributed by atoms with Crippen molar-refractivity contribution < 1.29 is 0 Å². The quantitative estimate of drug-likeness (QED) is 0.254. The SMILES string of the molecule is c1ccc(N(c2ccccc2)c2cccc3c4ccc5ccccc5c4n(-c4ccccc4)c23)cc1. The maximum atomic E-state index is 2.45. The third kappa shape index (κ3) is 3.19. The van der Waals surface area contributed by atoms with Crippen LogP contribution in [0.1, 0.15) is 0 Å². The maximum Gasteiger partial charge on any atom is 0.0782 e. The Bertz CT molecular complexity index is 1780. The van der Waals surface area contributed by atoms with Crippen LogP contribution in [0.3, 0.4) is 0 Å². The lowest BCUT2D eigenvalue weighted by Crippen LogP contribution is -2.11. The summed E-state index contributed by atoms with van der Waals surface area (Å²) >= 11 is 0. The van der Waals surface area contributed by atoms with Crippen molar-refractivity contribution in [1.82, 2.24) is 4.57 Å². The predicted molar refractivity (Wildman–Crippen MR) is 153 cm³/mol. The molecule has 0 aliphatic heterocycles. The molecule has 0 aliphatic rings. The van der Waals surface area contributed by atoms with Crippen molar-refractivity contribution in [3.05, 3.63) is 146 Å². The first kappa shape index (κ1) is 20.5. The smallest absolute Gasteiger partial charge is 0.0782 e. The molecular weight excluding hydrogens is 436 g/mol. The third-order valence-electron chi connectivity index (χ3n) is 6.94. The average Bonchev–Trinajstić information content (AvgIpc) is 3.31. The highest BCUT2D eigenvalue weighted by molar-refractivity contribution is 6.21. The molecule has 2 heteroatoms. The Morgan fingerprint density at radius 1 is 0.389 bits per heavy atom. The van der Waals surface area contributed by atoms with Gasteiger partial charge in [-0.25, -0.2) is 0 Å². The summed E-state index contributed by atoms with van der Waals surface area (Å²) in [6.07, 6.45) is 0. The van der Waals surface area contributed by atoms with E-state index >= 15 is 0 Å². The molecule has 0 amide bonds. The summed E-state index contributed by atoms with van der Waals surface area (Å²) in [5, 5.41) is 5.01. The predicted octanol–water partition coefficient (Wildman–Crippen LogP) is 9.41. The summed E-state index contributed by atoms with van der Waals surface area (Å²) in [5.74, 6) is 0. The summed E-state index contributed by atoms with van der Waals surface area (Å²) in [6, 6.07) is 51.9. The molecule has 36 heavy (non-hydrogen) atoms. The minimum absolute atomic E-state index is 1.13. The fraction of sp³-hybridized carbons (Fsp3) is 0. The number of anilines is 3. The van der Waals surface area contributed by atoms with Gasteiger partial charge in [0.15, 0.2) is 0 Å². The molecule has 0 bridgehead atoms. The summed E-state index contributed by atoms with van der Waals surface area (Å²) in [7, 11) is 0. The van der Waals surface area contributed by atoms with E-state index in [1.54, 1.807) is 0 Å². The third-order valence-corrected chi connectivity index (χ3v) is 6.94. The van der Waals surface area contributed by atoms with Crippen molar-refractivity contribution in [2.45, 2.75) is 0 Å². The second-order valence-corrected chi connectivity index (χ2v) is 9.03. The monoisotopic (exact) mass is 460 g/mol. The van der Waals surface area contributed by atoms with Gasteiger partial charge in [-0.15, -0.1) is 0 Å². The molecule has 170 valence electrons. The van der Waals surface area contributed by atoms with Gasteiger partial charge in [-0.05, 0) is 47.9 Å². The van der Waals surface area contributed by atoms with Gasteiger partial charge in [0.2, 0.25) is 0 Å². The van der Waals surface area contributed by atoms with Crippen LogP contribution < -0.4 is 4.90 Å². The molecule has 0 unspecified atom stereocenters. The highest BCUT2D eigenvalue weighted by Gasteiger charge is 2.22. The Balaban J connectivity index is 1.67. The number of nitrogens with zero attached hydrogens (tertiary/aromatic N) is 2. The highest BCUT2D eigenvalue weighted by atomic mass is 15.2. The molecule has 0 atom stereocenters. The normalized spacial score (nSPS) is 11.3. The van der Waals surface area contributed by atoms with Crippen LogP contribution in [0.15, 0.2) is 146 Å². The minimum atomic E-state index is 1.13. The van der Waals surface area contributed by atoms with Gasteiger partial charge in [0.1, 0.15) is 0 Å². The zero-order valence-corrected chi connectivity index (χ0v) is 19.8. The van der Waals surface area contributed by atoms with Crippen LogP contribution in [0, 0.1) is 0 Å². The lowest BCUT2D eigenvalue weighted by Gasteiger charge is -2.27. The summed E-state index contributed by atoms with van der Waals surface area (Å²) < 4.78 is 2.45. The Kier molecular flexibility index (Phi) is 4.82. The molecule has 2 nitrogen and oxygen atoms in total. The van der Waals surface area contributed by atoms with Gasteiger partial charge < -0.3 is 9.47 Å². The Hall–Kier alpha value is -4.82. The van der Waals surface area contributed by atoms with Gasteiger partial charge in [0, 0.05) is 33.2 Å². The van der Waals surface area contributed by atoms with Crippen molar-refractivity contribution in [1.29, 1.82) is 0 Å². The number of benzene rings is 6. The number of aromatic nitrogens is 1. The van der Waals surface area contributed by atoms with Crippen LogP contribution in [-0.2, 0) is 0 Å². The van der Waals surface area contributed by atoms with Crippen molar-refractivity contribution in [3.8, 4) is 5.69 Å². The van der Waals surface area contributed by atoms with Crippen LogP contribution in [-0.4, -0.2) is 4.57 Å². The molecule has 0 fully saturated rings. The van der Waals surface area contributed by atoms with Crippen molar-refractivity contribution in [2.24, 2.45) is 0 Å². The Morgan fingerprint density at radius 2 is 0.944 bits per heavy atom. The molecule has 0 radical (unpaired) electrons. The molecular formula is C34H24N2. The average molecular weight is 461 g/mol. The second kappa shape index (κ2) is 8.44. The van der Waals surface area contributed by atoms with E-state index in [0.717, 1.165) is 22.7 Å². The number of hydrogen-bond acceptors (Lipinski definition) is 1. The molecule has 0 aliphatic carbocycles. The second-order valence-electron chi connectivity index (χ2n) is 9.03. The lowest BCUT2D eigenvalue weighted by molar-refractivity contribution is 1.17. The highest BCUT2D eigenvalue weighted by Crippen LogP contribution is 2.44.